The molecule has 34 heavy (non-hydrogen) atoms. The molecule has 2 saturated carbocycles. The van der Waals surface area contributed by atoms with Crippen molar-refractivity contribution in [2.75, 3.05) is 24.8 Å². The summed E-state index contributed by atoms with van der Waals surface area (Å²) in [6.07, 6.45) is 0.273. The van der Waals surface area contributed by atoms with Crippen LogP contribution in [-0.2, 0) is 0 Å². The fourth-order valence-electron chi connectivity index (χ4n) is 4.69. The van der Waals surface area contributed by atoms with E-state index >= 15 is 0 Å². The molecule has 2 aliphatic rings. The van der Waals surface area contributed by atoms with Crippen LogP contribution in [0.1, 0.15) is 43.7 Å². The molecular weight excluding hydrogens is 456 g/mol. The number of aliphatic hydroxyl groups is 3. The summed E-state index contributed by atoms with van der Waals surface area (Å²) in [5.41, 5.74) is 2.26. The van der Waals surface area contributed by atoms with E-state index < -0.39 is 24.2 Å². The molecule has 2 heterocycles. The van der Waals surface area contributed by atoms with Gasteiger partial charge in [0.25, 0.3) is 0 Å². The molecule has 6 atom stereocenters. The van der Waals surface area contributed by atoms with Crippen LogP contribution in [-0.4, -0.2) is 78.0 Å². The first-order valence-corrected chi connectivity index (χ1v) is 12.7. The average molecular weight is 487 g/mol. The maximum Gasteiger partial charge on any atom is 0.191 e. The van der Waals surface area contributed by atoms with Crippen molar-refractivity contribution in [2.24, 2.45) is 5.92 Å². The zero-order valence-corrected chi connectivity index (χ0v) is 20.0. The number of benzene rings is 1. The topological polar surface area (TPSA) is 138 Å². The van der Waals surface area contributed by atoms with Gasteiger partial charge in [0.2, 0.25) is 0 Å². The summed E-state index contributed by atoms with van der Waals surface area (Å²) in [5.74, 6) is 2.27. The van der Waals surface area contributed by atoms with E-state index in [2.05, 4.69) is 34.7 Å². The van der Waals surface area contributed by atoms with Gasteiger partial charge in [-0.15, -0.1) is 5.10 Å². The lowest BCUT2D eigenvalue weighted by atomic mass is 10.1. The minimum Gasteiger partial charge on any atom is -0.497 e. The molecule has 11 heteroatoms. The summed E-state index contributed by atoms with van der Waals surface area (Å²) in [6, 6.07) is 7.79. The van der Waals surface area contributed by atoms with Gasteiger partial charge in [0, 0.05) is 30.2 Å². The second kappa shape index (κ2) is 9.65. The molecule has 0 spiro atoms. The number of fused-ring (bicyclic) bond motifs is 1. The number of aliphatic hydroxyl groups excluding tert-OH is 3. The van der Waals surface area contributed by atoms with Crippen LogP contribution >= 0.6 is 11.8 Å². The molecule has 2 fully saturated rings. The first-order chi connectivity index (χ1) is 16.5. The third kappa shape index (κ3) is 4.33. The van der Waals surface area contributed by atoms with E-state index in [0.717, 1.165) is 24.3 Å². The Morgan fingerprint density at radius 1 is 1.21 bits per heavy atom. The van der Waals surface area contributed by atoms with Crippen LogP contribution in [0.2, 0.25) is 0 Å². The highest BCUT2D eigenvalue weighted by Crippen LogP contribution is 2.44. The minimum absolute atomic E-state index is 0.200. The second-order valence-electron chi connectivity index (χ2n) is 9.01. The molecule has 3 aromatic rings. The van der Waals surface area contributed by atoms with E-state index in [-0.39, 0.29) is 12.6 Å². The lowest BCUT2D eigenvalue weighted by molar-refractivity contribution is -0.00512. The van der Waals surface area contributed by atoms with Crippen LogP contribution in [0.5, 0.6) is 5.75 Å². The van der Waals surface area contributed by atoms with Crippen molar-refractivity contribution in [3.05, 3.63) is 29.8 Å². The van der Waals surface area contributed by atoms with Crippen molar-refractivity contribution in [1.82, 2.24) is 25.0 Å². The molecule has 2 aromatic heterocycles. The van der Waals surface area contributed by atoms with Gasteiger partial charge in [0.15, 0.2) is 22.1 Å². The smallest absolute Gasteiger partial charge is 0.191 e. The molecular formula is C23H30N6O4S. The molecule has 2 aliphatic carbocycles. The van der Waals surface area contributed by atoms with Gasteiger partial charge in [-0.1, -0.05) is 36.0 Å². The summed E-state index contributed by atoms with van der Waals surface area (Å²) in [6.45, 7) is 1.90. The Kier molecular flexibility index (Phi) is 6.61. The standard InChI is InChI=1S/C23H30N6O4S/c1-3-7-34-23-25-21(24-16-10-15(16)12-5-4-6-14(8-12)33-2)18-22(26-23)29(28-27-18)17-9-13(11-30)19(31)20(17)32/h4-6,8,13,15-17,19-20,30-32H,3,7,9-11H2,1-2H3,(H,24,25,26)/t13-,15?,16?,17-,19-,20+/m0/s1. The number of hydrogen-bond donors (Lipinski definition) is 4. The highest BCUT2D eigenvalue weighted by molar-refractivity contribution is 7.99. The van der Waals surface area contributed by atoms with Crippen LogP contribution in [0.15, 0.2) is 29.4 Å². The lowest BCUT2D eigenvalue weighted by Gasteiger charge is -2.17. The third-order valence-electron chi connectivity index (χ3n) is 6.69. The number of aromatic nitrogens is 5. The molecule has 1 aromatic carbocycles. The Bertz CT molecular complexity index is 1160. The van der Waals surface area contributed by atoms with Gasteiger partial charge in [-0.25, -0.2) is 14.6 Å². The van der Waals surface area contributed by atoms with Crippen molar-refractivity contribution >= 4 is 28.7 Å². The van der Waals surface area contributed by atoms with E-state index in [0.29, 0.717) is 34.5 Å². The number of ether oxygens (including phenoxy) is 1. The molecule has 5 rings (SSSR count). The first kappa shape index (κ1) is 23.3. The highest BCUT2D eigenvalue weighted by Gasteiger charge is 2.44. The predicted molar refractivity (Wildman–Crippen MR) is 128 cm³/mol. The van der Waals surface area contributed by atoms with Crippen LogP contribution in [0.25, 0.3) is 11.2 Å². The SMILES string of the molecule is CCCSc1nc(NC2CC2c2cccc(OC)c2)c2nnn([C@H]3C[C@@H](CO)[C@H](O)[C@@H]3O)c2n1. The predicted octanol–water partition coefficient (Wildman–Crippen LogP) is 1.98. The van der Waals surface area contributed by atoms with Crippen molar-refractivity contribution in [2.45, 2.75) is 61.6 Å². The zero-order chi connectivity index (χ0) is 23.8. The Morgan fingerprint density at radius 3 is 2.79 bits per heavy atom. The molecule has 4 N–H and O–H groups in total. The second-order valence-corrected chi connectivity index (χ2v) is 10.1. The third-order valence-corrected chi connectivity index (χ3v) is 7.75. The van der Waals surface area contributed by atoms with Gasteiger partial charge in [0.05, 0.1) is 19.3 Å². The van der Waals surface area contributed by atoms with Crippen LogP contribution < -0.4 is 10.1 Å². The molecule has 2 unspecified atom stereocenters. The number of anilines is 1. The highest BCUT2D eigenvalue weighted by atomic mass is 32.2. The van der Waals surface area contributed by atoms with Gasteiger partial charge in [-0.3, -0.25) is 0 Å². The number of thioether (sulfide) groups is 1. The maximum absolute atomic E-state index is 10.6. The van der Waals surface area contributed by atoms with E-state index in [1.165, 1.54) is 5.56 Å². The van der Waals surface area contributed by atoms with E-state index in [9.17, 15) is 15.3 Å². The number of nitrogens with zero attached hydrogens (tertiary/aromatic N) is 5. The Balaban J connectivity index is 1.45. The zero-order valence-electron chi connectivity index (χ0n) is 19.2. The van der Waals surface area contributed by atoms with Gasteiger partial charge in [-0.2, -0.15) is 0 Å². The fourth-order valence-corrected chi connectivity index (χ4v) is 5.38. The summed E-state index contributed by atoms with van der Waals surface area (Å²) in [7, 11) is 1.67. The Labute approximate surface area is 201 Å². The lowest BCUT2D eigenvalue weighted by Crippen LogP contribution is -2.30. The quantitative estimate of drug-likeness (QED) is 0.262. The minimum atomic E-state index is -1.05. The summed E-state index contributed by atoms with van der Waals surface area (Å²) in [4.78, 5) is 9.43. The van der Waals surface area contributed by atoms with Gasteiger partial charge < -0.3 is 25.4 Å². The largest absolute Gasteiger partial charge is 0.497 e. The fraction of sp³-hybridized carbons (Fsp3) is 0.565. The number of rotatable bonds is 9. The first-order valence-electron chi connectivity index (χ1n) is 11.7. The molecule has 10 nitrogen and oxygen atoms in total. The summed E-state index contributed by atoms with van der Waals surface area (Å²) < 4.78 is 6.94. The molecule has 0 radical (unpaired) electrons. The Morgan fingerprint density at radius 2 is 2.06 bits per heavy atom. The van der Waals surface area contributed by atoms with Gasteiger partial charge >= 0.3 is 0 Å². The monoisotopic (exact) mass is 486 g/mol. The normalized spacial score (nSPS) is 28.4. The molecule has 182 valence electrons. The van der Waals surface area contributed by atoms with E-state index in [4.69, 9.17) is 14.7 Å². The van der Waals surface area contributed by atoms with Gasteiger partial charge in [-0.05, 0) is 37.0 Å². The molecule has 0 amide bonds. The maximum atomic E-state index is 10.6. The number of nitrogens with one attached hydrogen (secondary N) is 1. The summed E-state index contributed by atoms with van der Waals surface area (Å²) in [5, 5.41) is 43.2. The number of methoxy groups -OCH3 is 1. The van der Waals surface area contributed by atoms with Crippen molar-refractivity contribution in [1.29, 1.82) is 0 Å². The average Bonchev–Trinajstić information content (AvgIpc) is 3.41. The molecule has 0 bridgehead atoms. The van der Waals surface area contributed by atoms with Crippen LogP contribution in [0.4, 0.5) is 5.82 Å². The van der Waals surface area contributed by atoms with Crippen molar-refractivity contribution in [3.63, 3.8) is 0 Å². The number of hydrogen-bond acceptors (Lipinski definition) is 10. The van der Waals surface area contributed by atoms with E-state index in [1.54, 1.807) is 23.6 Å². The summed E-state index contributed by atoms with van der Waals surface area (Å²) >= 11 is 1.56. The van der Waals surface area contributed by atoms with Crippen molar-refractivity contribution < 1.29 is 20.1 Å². The molecule has 0 aliphatic heterocycles. The van der Waals surface area contributed by atoms with E-state index in [1.807, 2.05) is 12.1 Å². The van der Waals surface area contributed by atoms with Crippen LogP contribution in [0.3, 0.4) is 0 Å². The van der Waals surface area contributed by atoms with Crippen molar-refractivity contribution in [3.8, 4) is 5.75 Å². The van der Waals surface area contributed by atoms with Gasteiger partial charge in [0.1, 0.15) is 11.9 Å². The molecule has 0 saturated heterocycles. The Hall–Kier alpha value is -2.47. The van der Waals surface area contributed by atoms with Crippen LogP contribution in [0, 0.1) is 5.92 Å².